The Labute approximate surface area is 132 Å². The van der Waals surface area contributed by atoms with Crippen molar-refractivity contribution in [2.75, 3.05) is 13.1 Å². The molecule has 0 unspecified atom stereocenters. The Bertz CT molecular complexity index is 776. The fourth-order valence-corrected chi connectivity index (χ4v) is 4.33. The molecule has 1 aliphatic rings. The van der Waals surface area contributed by atoms with E-state index in [1.807, 2.05) is 0 Å². The van der Waals surface area contributed by atoms with Crippen LogP contribution in [0.1, 0.15) is 12.8 Å². The largest absolute Gasteiger partial charge is 0.341 e. The summed E-state index contributed by atoms with van der Waals surface area (Å²) in [6.07, 6.45) is 3.47. The van der Waals surface area contributed by atoms with Crippen molar-refractivity contribution in [1.29, 1.82) is 0 Å². The molecule has 2 aromatic rings. The summed E-state index contributed by atoms with van der Waals surface area (Å²) in [7, 11) is -1.94. The molecule has 12 heteroatoms. The van der Waals surface area contributed by atoms with Crippen LogP contribution in [0.15, 0.2) is 17.8 Å². The molecule has 0 spiro atoms. The molecule has 23 heavy (non-hydrogen) atoms. The van der Waals surface area contributed by atoms with E-state index in [1.54, 1.807) is 11.9 Å². The first-order valence-corrected chi connectivity index (χ1v) is 8.59. The third kappa shape index (κ3) is 3.06. The molecule has 0 saturated carbocycles. The lowest BCUT2D eigenvalue weighted by atomic mass is 10.1. The van der Waals surface area contributed by atoms with E-state index in [1.165, 1.54) is 21.9 Å². The van der Waals surface area contributed by atoms with Crippen LogP contribution in [0.2, 0.25) is 0 Å². The van der Waals surface area contributed by atoms with Gasteiger partial charge in [-0.1, -0.05) is 0 Å². The summed E-state index contributed by atoms with van der Waals surface area (Å²) in [4.78, 5) is 13.8. The van der Waals surface area contributed by atoms with Crippen LogP contribution in [-0.2, 0) is 28.2 Å². The highest BCUT2D eigenvalue weighted by Crippen LogP contribution is 2.23. The second-order valence-corrected chi connectivity index (χ2v) is 7.48. The zero-order valence-corrected chi connectivity index (χ0v) is 13.3. The van der Waals surface area contributed by atoms with E-state index in [-0.39, 0.29) is 17.6 Å². The molecule has 2 aromatic heterocycles. The Kier molecular flexibility index (Phi) is 4.07. The fourth-order valence-electron chi connectivity index (χ4n) is 2.59. The molecule has 1 fully saturated rings. The van der Waals surface area contributed by atoms with Gasteiger partial charge in [0.2, 0.25) is 20.9 Å². The molecular formula is C11H16N8O3S. The Morgan fingerprint density at radius 3 is 2.57 bits per heavy atom. The number of piperidine rings is 1. The third-order valence-electron chi connectivity index (χ3n) is 3.85. The lowest BCUT2D eigenvalue weighted by molar-refractivity contribution is -0.132. The highest BCUT2D eigenvalue weighted by atomic mass is 32.2. The standard InChI is InChI=1S/C11H16N8O3S/c1-17-7-12-14-11(17)23(21,22)9-2-4-18(5-3-9)10(20)6-19-8-13-15-16-19/h7-9H,2-6H2,1H3. The lowest BCUT2D eigenvalue weighted by Gasteiger charge is -2.31. The molecule has 3 rings (SSSR count). The Morgan fingerprint density at radius 2 is 2.00 bits per heavy atom. The highest BCUT2D eigenvalue weighted by molar-refractivity contribution is 7.91. The quantitative estimate of drug-likeness (QED) is 0.642. The van der Waals surface area contributed by atoms with Gasteiger partial charge in [0.05, 0.1) is 5.25 Å². The summed E-state index contributed by atoms with van der Waals surface area (Å²) in [5.41, 5.74) is 0. The molecular weight excluding hydrogens is 324 g/mol. The Hall–Kier alpha value is -2.37. The number of hydrogen-bond acceptors (Lipinski definition) is 8. The normalized spacial score (nSPS) is 16.7. The van der Waals surface area contributed by atoms with Gasteiger partial charge in [-0.3, -0.25) is 4.79 Å². The van der Waals surface area contributed by atoms with E-state index in [4.69, 9.17) is 0 Å². The summed E-state index contributed by atoms with van der Waals surface area (Å²) in [6.45, 7) is 0.805. The van der Waals surface area contributed by atoms with Gasteiger partial charge in [-0.2, -0.15) is 0 Å². The summed E-state index contributed by atoms with van der Waals surface area (Å²) >= 11 is 0. The fraction of sp³-hybridized carbons (Fsp3) is 0.636. The maximum absolute atomic E-state index is 12.5. The molecule has 11 nitrogen and oxygen atoms in total. The molecule has 1 aliphatic heterocycles. The van der Waals surface area contributed by atoms with Crippen molar-refractivity contribution in [3.05, 3.63) is 12.7 Å². The first-order valence-electron chi connectivity index (χ1n) is 7.05. The van der Waals surface area contributed by atoms with Crippen molar-refractivity contribution in [3.8, 4) is 0 Å². The number of rotatable bonds is 4. The topological polar surface area (TPSA) is 129 Å². The minimum absolute atomic E-state index is 0.0315. The van der Waals surface area contributed by atoms with Crippen molar-refractivity contribution < 1.29 is 13.2 Å². The van der Waals surface area contributed by atoms with Gasteiger partial charge in [0.1, 0.15) is 19.2 Å². The predicted octanol–water partition coefficient (Wildman–Crippen LogP) is -1.73. The van der Waals surface area contributed by atoms with Crippen LogP contribution in [0.25, 0.3) is 0 Å². The van der Waals surface area contributed by atoms with E-state index in [0.29, 0.717) is 25.9 Å². The smallest absolute Gasteiger partial charge is 0.249 e. The van der Waals surface area contributed by atoms with Crippen molar-refractivity contribution in [1.82, 2.24) is 39.9 Å². The van der Waals surface area contributed by atoms with E-state index in [0.717, 1.165) is 0 Å². The number of likely N-dealkylation sites (tertiary alicyclic amines) is 1. The number of aryl methyl sites for hydroxylation is 1. The van der Waals surface area contributed by atoms with E-state index in [2.05, 4.69) is 25.7 Å². The van der Waals surface area contributed by atoms with Gasteiger partial charge in [-0.05, 0) is 23.3 Å². The summed E-state index contributed by atoms with van der Waals surface area (Å²) in [5, 5.41) is 17.3. The molecule has 0 aromatic carbocycles. The highest BCUT2D eigenvalue weighted by Gasteiger charge is 2.35. The van der Waals surface area contributed by atoms with E-state index in [9.17, 15) is 13.2 Å². The molecule has 1 saturated heterocycles. The van der Waals surface area contributed by atoms with Gasteiger partial charge in [0.15, 0.2) is 0 Å². The van der Waals surface area contributed by atoms with Gasteiger partial charge in [-0.15, -0.1) is 15.3 Å². The molecule has 1 amide bonds. The second kappa shape index (κ2) is 6.02. The van der Waals surface area contributed by atoms with Crippen LogP contribution < -0.4 is 0 Å². The number of hydrogen-bond donors (Lipinski definition) is 0. The first kappa shape index (κ1) is 15.5. The average molecular weight is 340 g/mol. The predicted molar refractivity (Wildman–Crippen MR) is 75.6 cm³/mol. The minimum atomic E-state index is -3.53. The minimum Gasteiger partial charge on any atom is -0.341 e. The van der Waals surface area contributed by atoms with Crippen LogP contribution in [0, 0.1) is 0 Å². The van der Waals surface area contributed by atoms with Crippen LogP contribution in [0.3, 0.4) is 0 Å². The average Bonchev–Trinajstić information content (AvgIpc) is 3.19. The second-order valence-electron chi connectivity index (χ2n) is 5.36. The van der Waals surface area contributed by atoms with Gasteiger partial charge in [-0.25, -0.2) is 13.1 Å². The lowest BCUT2D eigenvalue weighted by Crippen LogP contribution is -2.44. The SMILES string of the molecule is Cn1cnnc1S(=O)(=O)C1CCN(C(=O)Cn2cnnn2)CC1. The van der Waals surface area contributed by atoms with E-state index < -0.39 is 15.1 Å². The number of nitrogens with zero attached hydrogens (tertiary/aromatic N) is 8. The van der Waals surface area contributed by atoms with Crippen molar-refractivity contribution >= 4 is 15.7 Å². The zero-order valence-electron chi connectivity index (χ0n) is 12.5. The molecule has 0 bridgehead atoms. The number of carbonyl (C=O) groups excluding carboxylic acids is 1. The van der Waals surface area contributed by atoms with Crippen LogP contribution in [0.4, 0.5) is 0 Å². The Balaban J connectivity index is 1.62. The third-order valence-corrected chi connectivity index (χ3v) is 6.07. The monoisotopic (exact) mass is 340 g/mol. The molecule has 3 heterocycles. The van der Waals surface area contributed by atoms with Gasteiger partial charge in [0.25, 0.3) is 0 Å². The van der Waals surface area contributed by atoms with Gasteiger partial charge in [0, 0.05) is 20.1 Å². The maximum atomic E-state index is 12.5. The van der Waals surface area contributed by atoms with Crippen LogP contribution >= 0.6 is 0 Å². The summed E-state index contributed by atoms with van der Waals surface area (Å²) in [6, 6.07) is 0. The number of carbonyl (C=O) groups is 1. The van der Waals surface area contributed by atoms with E-state index >= 15 is 0 Å². The number of sulfone groups is 1. The zero-order chi connectivity index (χ0) is 16.4. The maximum Gasteiger partial charge on any atom is 0.249 e. The number of aromatic nitrogens is 7. The molecule has 0 atom stereocenters. The molecule has 0 aliphatic carbocycles. The van der Waals surface area contributed by atoms with Gasteiger partial charge >= 0.3 is 0 Å². The number of amides is 1. The van der Waals surface area contributed by atoms with Crippen LogP contribution in [0.5, 0.6) is 0 Å². The Morgan fingerprint density at radius 1 is 1.26 bits per heavy atom. The van der Waals surface area contributed by atoms with Crippen molar-refractivity contribution in [2.24, 2.45) is 7.05 Å². The summed E-state index contributed by atoms with van der Waals surface area (Å²) in [5.74, 6) is -0.133. The molecule has 0 N–H and O–H groups in total. The van der Waals surface area contributed by atoms with Crippen LogP contribution in [-0.4, -0.2) is 72.5 Å². The van der Waals surface area contributed by atoms with Gasteiger partial charge < -0.3 is 9.47 Å². The first-order chi connectivity index (χ1) is 11.0. The summed E-state index contributed by atoms with van der Waals surface area (Å²) < 4.78 is 27.8. The molecule has 124 valence electrons. The number of tetrazole rings is 1. The van der Waals surface area contributed by atoms with Crippen molar-refractivity contribution in [2.45, 2.75) is 29.8 Å². The molecule has 0 radical (unpaired) electrons. The van der Waals surface area contributed by atoms with Crippen molar-refractivity contribution in [3.63, 3.8) is 0 Å².